The van der Waals surface area contributed by atoms with Crippen molar-refractivity contribution in [3.05, 3.63) is 0 Å². The topological polar surface area (TPSA) is 37.3 Å². The van der Waals surface area contributed by atoms with Crippen molar-refractivity contribution in [2.45, 2.75) is 62.4 Å². The van der Waals surface area contributed by atoms with Crippen molar-refractivity contribution in [3.63, 3.8) is 0 Å². The van der Waals surface area contributed by atoms with Crippen LogP contribution in [0, 0.1) is 0 Å². The van der Waals surface area contributed by atoms with Crippen molar-refractivity contribution < 1.29 is 9.90 Å². The van der Waals surface area contributed by atoms with Gasteiger partial charge in [0.15, 0.2) is 0 Å². The maximum Gasteiger partial charge on any atom is 0.316 e. The lowest BCUT2D eigenvalue weighted by Gasteiger charge is -2.17. The Balaban J connectivity index is 2.35. The van der Waals surface area contributed by atoms with Crippen LogP contribution in [0.15, 0.2) is 0 Å². The summed E-state index contributed by atoms with van der Waals surface area (Å²) < 4.78 is 0. The number of carbonyl (C=O) groups is 1. The van der Waals surface area contributed by atoms with Crippen LogP contribution in [0.2, 0.25) is 0 Å². The van der Waals surface area contributed by atoms with E-state index in [1.165, 1.54) is 38.5 Å². The maximum atomic E-state index is 10.9. The van der Waals surface area contributed by atoms with Gasteiger partial charge in [-0.05, 0) is 19.3 Å². The van der Waals surface area contributed by atoms with Crippen molar-refractivity contribution in [2.24, 2.45) is 0 Å². The first-order valence-corrected chi connectivity index (χ1v) is 6.56. The third-order valence-corrected chi connectivity index (χ3v) is 4.52. The molecule has 0 amide bonds. The van der Waals surface area contributed by atoms with Crippen LogP contribution in [-0.4, -0.2) is 21.6 Å². The minimum atomic E-state index is -0.637. The number of aliphatic carboxylic acids is 1. The molecule has 1 fully saturated rings. The first-order chi connectivity index (χ1) is 6.74. The summed E-state index contributed by atoms with van der Waals surface area (Å²) in [6.45, 7) is 1.96. The van der Waals surface area contributed by atoms with Gasteiger partial charge in [0, 0.05) is 5.25 Å². The fourth-order valence-corrected chi connectivity index (χ4v) is 3.32. The summed E-state index contributed by atoms with van der Waals surface area (Å²) in [5.74, 6) is -0.637. The molecule has 1 atom stereocenters. The molecule has 1 saturated carbocycles. The Morgan fingerprint density at radius 1 is 1.36 bits per heavy atom. The number of carboxylic acid groups (broad SMARTS) is 1. The second-order valence-electron chi connectivity index (χ2n) is 3.98. The molecule has 0 saturated heterocycles. The average Bonchev–Trinajstić information content (AvgIpc) is 2.41. The Bertz CT molecular complexity index is 174. The molecular formula is C11H20O2S. The largest absolute Gasteiger partial charge is 0.480 e. The molecule has 0 bridgehead atoms. The molecule has 0 radical (unpaired) electrons. The van der Waals surface area contributed by atoms with Gasteiger partial charge in [0.05, 0.1) is 0 Å². The monoisotopic (exact) mass is 216 g/mol. The summed E-state index contributed by atoms with van der Waals surface area (Å²) in [6.07, 6.45) is 8.42. The third kappa shape index (κ3) is 3.91. The summed E-state index contributed by atoms with van der Waals surface area (Å²) >= 11 is 1.69. The highest BCUT2D eigenvalue weighted by molar-refractivity contribution is 8.01. The molecule has 2 nitrogen and oxygen atoms in total. The SMILES string of the molecule is CCC(SC1CCCCCC1)C(=O)O. The van der Waals surface area contributed by atoms with Crippen molar-refractivity contribution in [2.75, 3.05) is 0 Å². The Morgan fingerprint density at radius 2 is 1.93 bits per heavy atom. The second-order valence-corrected chi connectivity index (χ2v) is 5.49. The van der Waals surface area contributed by atoms with Gasteiger partial charge in [0.1, 0.15) is 5.25 Å². The van der Waals surface area contributed by atoms with Crippen LogP contribution in [0.4, 0.5) is 0 Å². The molecule has 1 unspecified atom stereocenters. The summed E-state index contributed by atoms with van der Waals surface area (Å²) in [7, 11) is 0. The molecule has 0 aromatic carbocycles. The highest BCUT2D eigenvalue weighted by atomic mass is 32.2. The van der Waals surface area contributed by atoms with Crippen LogP contribution in [0.5, 0.6) is 0 Å². The van der Waals surface area contributed by atoms with E-state index in [1.807, 2.05) is 6.92 Å². The molecule has 0 aromatic rings. The zero-order valence-corrected chi connectivity index (χ0v) is 9.68. The van der Waals surface area contributed by atoms with Crippen molar-refractivity contribution >= 4 is 17.7 Å². The minimum absolute atomic E-state index is 0.182. The van der Waals surface area contributed by atoms with E-state index in [2.05, 4.69) is 0 Å². The number of hydrogen-bond donors (Lipinski definition) is 1. The number of hydrogen-bond acceptors (Lipinski definition) is 2. The van der Waals surface area contributed by atoms with Crippen LogP contribution in [0.3, 0.4) is 0 Å². The molecule has 3 heteroatoms. The molecule has 1 aliphatic rings. The smallest absolute Gasteiger partial charge is 0.316 e. The zero-order valence-electron chi connectivity index (χ0n) is 8.87. The number of rotatable bonds is 4. The molecule has 82 valence electrons. The van der Waals surface area contributed by atoms with Crippen LogP contribution in [0.1, 0.15) is 51.9 Å². The van der Waals surface area contributed by atoms with E-state index in [9.17, 15) is 4.79 Å². The van der Waals surface area contributed by atoms with Gasteiger partial charge < -0.3 is 5.11 Å². The number of carboxylic acids is 1. The standard InChI is InChI=1S/C11H20O2S/c1-2-10(11(12)13)14-9-7-5-3-4-6-8-9/h9-10H,2-8H2,1H3,(H,12,13). The fourth-order valence-electron chi connectivity index (χ4n) is 1.94. The second kappa shape index (κ2) is 6.33. The first kappa shape index (κ1) is 11.9. The van der Waals surface area contributed by atoms with E-state index in [1.54, 1.807) is 11.8 Å². The van der Waals surface area contributed by atoms with E-state index in [0.29, 0.717) is 5.25 Å². The molecule has 0 aromatic heterocycles. The average molecular weight is 216 g/mol. The lowest BCUT2D eigenvalue weighted by Crippen LogP contribution is -2.19. The Kier molecular flexibility index (Phi) is 5.38. The Labute approximate surface area is 90.5 Å². The van der Waals surface area contributed by atoms with E-state index >= 15 is 0 Å². The zero-order chi connectivity index (χ0) is 10.4. The summed E-state index contributed by atoms with van der Waals surface area (Å²) in [4.78, 5) is 10.9. The maximum absolute atomic E-state index is 10.9. The van der Waals surface area contributed by atoms with E-state index in [0.717, 1.165) is 6.42 Å². The summed E-state index contributed by atoms with van der Waals surface area (Å²) in [6, 6.07) is 0. The molecule has 0 heterocycles. The van der Waals surface area contributed by atoms with E-state index in [4.69, 9.17) is 5.11 Å². The quantitative estimate of drug-likeness (QED) is 0.733. The third-order valence-electron chi connectivity index (χ3n) is 2.81. The molecule has 1 N–H and O–H groups in total. The first-order valence-electron chi connectivity index (χ1n) is 5.62. The predicted octanol–water partition coefficient (Wildman–Crippen LogP) is 3.31. The van der Waals surface area contributed by atoms with Gasteiger partial charge in [0.2, 0.25) is 0 Å². The van der Waals surface area contributed by atoms with Crippen molar-refractivity contribution in [3.8, 4) is 0 Å². The molecule has 1 aliphatic carbocycles. The fraction of sp³-hybridized carbons (Fsp3) is 0.909. The molecule has 0 aliphatic heterocycles. The molecular weight excluding hydrogens is 196 g/mol. The Hall–Kier alpha value is -0.180. The van der Waals surface area contributed by atoms with E-state index < -0.39 is 5.97 Å². The summed E-state index contributed by atoms with van der Waals surface area (Å²) in [5, 5.41) is 9.37. The van der Waals surface area contributed by atoms with Gasteiger partial charge >= 0.3 is 5.97 Å². The lowest BCUT2D eigenvalue weighted by atomic mass is 10.2. The highest BCUT2D eigenvalue weighted by Crippen LogP contribution is 2.31. The lowest BCUT2D eigenvalue weighted by molar-refractivity contribution is -0.136. The molecule has 1 rings (SSSR count). The van der Waals surface area contributed by atoms with Gasteiger partial charge in [-0.3, -0.25) is 4.79 Å². The van der Waals surface area contributed by atoms with Crippen molar-refractivity contribution in [1.82, 2.24) is 0 Å². The van der Waals surface area contributed by atoms with Gasteiger partial charge in [-0.2, -0.15) is 0 Å². The van der Waals surface area contributed by atoms with E-state index in [-0.39, 0.29) is 5.25 Å². The van der Waals surface area contributed by atoms with Gasteiger partial charge in [-0.25, -0.2) is 0 Å². The summed E-state index contributed by atoms with van der Waals surface area (Å²) in [5.41, 5.74) is 0. The van der Waals surface area contributed by atoms with Gasteiger partial charge in [0.25, 0.3) is 0 Å². The van der Waals surface area contributed by atoms with Gasteiger partial charge in [-0.1, -0.05) is 32.6 Å². The van der Waals surface area contributed by atoms with Crippen molar-refractivity contribution in [1.29, 1.82) is 0 Å². The van der Waals surface area contributed by atoms with Crippen LogP contribution >= 0.6 is 11.8 Å². The van der Waals surface area contributed by atoms with Crippen LogP contribution in [0.25, 0.3) is 0 Å². The molecule has 14 heavy (non-hydrogen) atoms. The Morgan fingerprint density at radius 3 is 2.36 bits per heavy atom. The minimum Gasteiger partial charge on any atom is -0.480 e. The van der Waals surface area contributed by atoms with Crippen LogP contribution in [-0.2, 0) is 4.79 Å². The number of thioether (sulfide) groups is 1. The van der Waals surface area contributed by atoms with Gasteiger partial charge in [-0.15, -0.1) is 11.8 Å². The normalized spacial score (nSPS) is 21.5. The predicted molar refractivity (Wildman–Crippen MR) is 60.8 cm³/mol. The molecule has 0 spiro atoms. The highest BCUT2D eigenvalue weighted by Gasteiger charge is 2.22. The van der Waals surface area contributed by atoms with Crippen LogP contribution < -0.4 is 0 Å².